The first-order valence-electron chi connectivity index (χ1n) is 7.77. The lowest BCUT2D eigenvalue weighted by molar-refractivity contribution is -0.117. The quantitative estimate of drug-likeness (QED) is 0.764. The van der Waals surface area contributed by atoms with Crippen LogP contribution < -0.4 is 5.32 Å². The van der Waals surface area contributed by atoms with Gasteiger partial charge in [-0.25, -0.2) is 4.39 Å². The Kier molecular flexibility index (Phi) is 4.62. The smallest absolute Gasteiger partial charge is 0.238 e. The number of hydrogen-bond donors (Lipinski definition) is 1. The predicted molar refractivity (Wildman–Crippen MR) is 92.3 cm³/mol. The first-order chi connectivity index (χ1) is 11.5. The summed E-state index contributed by atoms with van der Waals surface area (Å²) in [5.41, 5.74) is 1.28. The molecule has 1 N–H and O–H groups in total. The van der Waals surface area contributed by atoms with Crippen molar-refractivity contribution < 1.29 is 13.6 Å². The Bertz CT molecular complexity index is 826. The Morgan fingerprint density at radius 3 is 2.75 bits per heavy atom. The Labute approximate surface area is 139 Å². The van der Waals surface area contributed by atoms with Crippen LogP contribution >= 0.6 is 0 Å². The van der Waals surface area contributed by atoms with Gasteiger partial charge in [-0.3, -0.25) is 9.69 Å². The average Bonchev–Trinajstić information content (AvgIpc) is 2.97. The second-order valence-corrected chi connectivity index (χ2v) is 5.84. The van der Waals surface area contributed by atoms with Crippen LogP contribution in [0.5, 0.6) is 0 Å². The van der Waals surface area contributed by atoms with E-state index >= 15 is 0 Å². The number of anilines is 1. The van der Waals surface area contributed by atoms with Crippen molar-refractivity contribution in [3.8, 4) is 0 Å². The molecule has 2 aromatic carbocycles. The van der Waals surface area contributed by atoms with Crippen LogP contribution in [0, 0.1) is 5.82 Å². The third-order valence-corrected chi connectivity index (χ3v) is 4.02. The van der Waals surface area contributed by atoms with Gasteiger partial charge in [0.15, 0.2) is 0 Å². The first-order valence-corrected chi connectivity index (χ1v) is 7.77. The van der Waals surface area contributed by atoms with E-state index < -0.39 is 0 Å². The molecule has 1 heterocycles. The van der Waals surface area contributed by atoms with Crippen LogP contribution in [0.15, 0.2) is 59.0 Å². The normalized spacial score (nSPS) is 12.5. The lowest BCUT2D eigenvalue weighted by Gasteiger charge is -2.22. The third-order valence-electron chi connectivity index (χ3n) is 4.02. The molecule has 5 heteroatoms. The molecule has 3 aromatic rings. The van der Waals surface area contributed by atoms with Crippen molar-refractivity contribution in [2.24, 2.45) is 0 Å². The van der Waals surface area contributed by atoms with E-state index in [1.54, 1.807) is 12.1 Å². The van der Waals surface area contributed by atoms with Crippen LogP contribution in [0.2, 0.25) is 0 Å². The molecule has 0 bridgehead atoms. The minimum Gasteiger partial charge on any atom is -0.459 e. The Hall–Kier alpha value is -2.66. The van der Waals surface area contributed by atoms with Crippen molar-refractivity contribution >= 4 is 22.6 Å². The highest BCUT2D eigenvalue weighted by Gasteiger charge is 2.18. The van der Waals surface area contributed by atoms with Crippen LogP contribution in [0.4, 0.5) is 10.1 Å². The topological polar surface area (TPSA) is 45.5 Å². The highest BCUT2D eigenvalue weighted by Crippen LogP contribution is 2.26. The van der Waals surface area contributed by atoms with Crippen molar-refractivity contribution in [3.05, 3.63) is 66.2 Å². The maximum Gasteiger partial charge on any atom is 0.238 e. The number of carbonyl (C=O) groups is 1. The molecule has 124 valence electrons. The van der Waals surface area contributed by atoms with E-state index in [1.165, 1.54) is 12.1 Å². The summed E-state index contributed by atoms with van der Waals surface area (Å²) >= 11 is 0. The molecule has 0 fully saturated rings. The minimum atomic E-state index is -0.378. The fourth-order valence-electron chi connectivity index (χ4n) is 2.56. The molecule has 0 saturated carbocycles. The molecule has 1 amide bonds. The summed E-state index contributed by atoms with van der Waals surface area (Å²) in [6, 6.07) is 15.6. The minimum absolute atomic E-state index is 0.0596. The molecule has 3 rings (SSSR count). The standard InChI is InChI=1S/C19H19FN2O2/c1-13(18-10-14-6-3-4-9-17(14)24-18)22(2)12-19(23)21-16-8-5-7-15(20)11-16/h3-11,13H,12H2,1-2H3,(H,21,23). The van der Waals surface area contributed by atoms with E-state index in [0.717, 1.165) is 16.7 Å². The SMILES string of the molecule is CC(c1cc2ccccc2o1)N(C)CC(=O)Nc1cccc(F)c1. The second kappa shape index (κ2) is 6.84. The number of fused-ring (bicyclic) bond motifs is 1. The zero-order valence-corrected chi connectivity index (χ0v) is 13.6. The number of nitrogens with zero attached hydrogens (tertiary/aromatic N) is 1. The second-order valence-electron chi connectivity index (χ2n) is 5.84. The number of likely N-dealkylation sites (N-methyl/N-ethyl adjacent to an activating group) is 1. The van der Waals surface area contributed by atoms with E-state index in [-0.39, 0.29) is 24.3 Å². The summed E-state index contributed by atoms with van der Waals surface area (Å²) in [6.45, 7) is 2.15. The number of furan rings is 1. The van der Waals surface area contributed by atoms with Crippen LogP contribution in [-0.2, 0) is 4.79 Å². The Morgan fingerprint density at radius 1 is 1.21 bits per heavy atom. The first kappa shape index (κ1) is 16.2. The number of carbonyl (C=O) groups excluding carboxylic acids is 1. The van der Waals surface area contributed by atoms with Gasteiger partial charge in [-0.2, -0.15) is 0 Å². The van der Waals surface area contributed by atoms with Gasteiger partial charge in [0.1, 0.15) is 17.2 Å². The molecule has 24 heavy (non-hydrogen) atoms. The van der Waals surface area contributed by atoms with Gasteiger partial charge in [0.05, 0.1) is 12.6 Å². The van der Waals surface area contributed by atoms with E-state index in [0.29, 0.717) is 5.69 Å². The lowest BCUT2D eigenvalue weighted by Crippen LogP contribution is -2.32. The summed E-state index contributed by atoms with van der Waals surface area (Å²) in [7, 11) is 1.85. The summed E-state index contributed by atoms with van der Waals surface area (Å²) in [5.74, 6) is 0.222. The Balaban J connectivity index is 1.65. The van der Waals surface area contributed by atoms with Crippen LogP contribution in [-0.4, -0.2) is 24.4 Å². The van der Waals surface area contributed by atoms with Crippen molar-refractivity contribution in [1.29, 1.82) is 0 Å². The monoisotopic (exact) mass is 326 g/mol. The van der Waals surface area contributed by atoms with Gasteiger partial charge in [-0.1, -0.05) is 24.3 Å². The van der Waals surface area contributed by atoms with Gasteiger partial charge >= 0.3 is 0 Å². The van der Waals surface area contributed by atoms with Gasteiger partial charge in [0.2, 0.25) is 5.91 Å². The number of halogens is 1. The van der Waals surface area contributed by atoms with Crippen LogP contribution in [0.1, 0.15) is 18.7 Å². The van der Waals surface area contributed by atoms with Gasteiger partial charge < -0.3 is 9.73 Å². The molecule has 4 nitrogen and oxygen atoms in total. The molecule has 1 unspecified atom stereocenters. The maximum atomic E-state index is 13.2. The third kappa shape index (κ3) is 3.63. The van der Waals surface area contributed by atoms with Crippen molar-refractivity contribution in [3.63, 3.8) is 0 Å². The van der Waals surface area contributed by atoms with E-state index in [1.807, 2.05) is 49.2 Å². The average molecular weight is 326 g/mol. The summed E-state index contributed by atoms with van der Waals surface area (Å²) in [6.07, 6.45) is 0. The number of amides is 1. The van der Waals surface area contributed by atoms with E-state index in [9.17, 15) is 9.18 Å². The molecular weight excluding hydrogens is 307 g/mol. The zero-order chi connectivity index (χ0) is 17.1. The number of nitrogens with one attached hydrogen (secondary N) is 1. The zero-order valence-electron chi connectivity index (χ0n) is 13.6. The van der Waals surface area contributed by atoms with Gasteiger partial charge in [0, 0.05) is 11.1 Å². The summed E-state index contributed by atoms with van der Waals surface area (Å²) in [4.78, 5) is 14.0. The maximum absolute atomic E-state index is 13.2. The molecule has 0 spiro atoms. The molecule has 0 radical (unpaired) electrons. The van der Waals surface area contributed by atoms with Crippen molar-refractivity contribution in [2.75, 3.05) is 18.9 Å². The lowest BCUT2D eigenvalue weighted by atomic mass is 10.2. The molecule has 0 aliphatic rings. The van der Waals surface area contributed by atoms with Gasteiger partial charge in [0.25, 0.3) is 0 Å². The molecule has 1 aromatic heterocycles. The highest BCUT2D eigenvalue weighted by molar-refractivity contribution is 5.92. The van der Waals surface area contributed by atoms with Crippen LogP contribution in [0.3, 0.4) is 0 Å². The Morgan fingerprint density at radius 2 is 2.00 bits per heavy atom. The number of para-hydroxylation sites is 1. The molecule has 0 saturated heterocycles. The largest absolute Gasteiger partial charge is 0.459 e. The van der Waals surface area contributed by atoms with E-state index in [2.05, 4.69) is 5.32 Å². The van der Waals surface area contributed by atoms with Gasteiger partial charge in [-0.15, -0.1) is 0 Å². The van der Waals surface area contributed by atoms with Crippen molar-refractivity contribution in [1.82, 2.24) is 4.90 Å². The molecular formula is C19H19FN2O2. The molecule has 0 aliphatic heterocycles. The number of rotatable bonds is 5. The van der Waals surface area contributed by atoms with Gasteiger partial charge in [-0.05, 0) is 44.3 Å². The molecule has 0 aliphatic carbocycles. The number of hydrogen-bond acceptors (Lipinski definition) is 3. The fraction of sp³-hybridized carbons (Fsp3) is 0.211. The van der Waals surface area contributed by atoms with Crippen molar-refractivity contribution in [2.45, 2.75) is 13.0 Å². The number of benzene rings is 2. The molecule has 1 atom stereocenters. The summed E-state index contributed by atoms with van der Waals surface area (Å²) in [5, 5.41) is 3.73. The highest BCUT2D eigenvalue weighted by atomic mass is 19.1. The predicted octanol–water partition coefficient (Wildman–Crippen LogP) is 4.20. The fourth-order valence-corrected chi connectivity index (χ4v) is 2.56. The summed E-state index contributed by atoms with van der Waals surface area (Å²) < 4.78 is 19.0. The van der Waals surface area contributed by atoms with E-state index in [4.69, 9.17) is 4.42 Å². The van der Waals surface area contributed by atoms with Crippen LogP contribution in [0.25, 0.3) is 11.0 Å².